The minimum atomic E-state index is -0.0803. The number of cyclic esters (lactones) is 1. The van der Waals surface area contributed by atoms with E-state index in [2.05, 4.69) is 12.1 Å². The lowest BCUT2D eigenvalue weighted by Gasteiger charge is -2.13. The van der Waals surface area contributed by atoms with E-state index in [0.717, 1.165) is 6.42 Å². The van der Waals surface area contributed by atoms with Gasteiger partial charge < -0.3 is 4.74 Å². The van der Waals surface area contributed by atoms with Crippen LogP contribution in [-0.4, -0.2) is 12.6 Å². The molecule has 0 amide bonds. The first-order valence-electron chi connectivity index (χ1n) is 4.23. The number of ether oxygens (including phenoxy) is 1. The Balaban J connectivity index is 2.05. The van der Waals surface area contributed by atoms with E-state index in [1.165, 1.54) is 10.5 Å². The van der Waals surface area contributed by atoms with E-state index in [0.29, 0.717) is 13.0 Å². The first-order chi connectivity index (χ1) is 6.34. The van der Waals surface area contributed by atoms with Gasteiger partial charge in [0.05, 0.1) is 0 Å². The first-order valence-corrected chi connectivity index (χ1v) is 5.11. The van der Waals surface area contributed by atoms with Crippen molar-refractivity contribution in [1.29, 1.82) is 0 Å². The van der Waals surface area contributed by atoms with E-state index < -0.39 is 0 Å². The Morgan fingerprint density at radius 3 is 3.00 bits per heavy atom. The summed E-state index contributed by atoms with van der Waals surface area (Å²) >= 11 is 1.70. The topological polar surface area (TPSA) is 26.3 Å². The summed E-state index contributed by atoms with van der Waals surface area (Å²) in [6.07, 6.45) is 3.48. The first kappa shape index (κ1) is 8.51. The lowest BCUT2D eigenvalue weighted by atomic mass is 10.1. The Morgan fingerprint density at radius 2 is 2.38 bits per heavy atom. The van der Waals surface area contributed by atoms with Crippen LogP contribution in [0.2, 0.25) is 0 Å². The quantitative estimate of drug-likeness (QED) is 0.642. The summed E-state index contributed by atoms with van der Waals surface area (Å²) < 4.78 is 4.94. The Labute approximate surface area is 80.8 Å². The SMILES string of the molecule is O=C1CC/C(=C\c2cccs2)CO1. The normalized spacial score (nSPS) is 20.3. The smallest absolute Gasteiger partial charge is 0.306 e. The van der Waals surface area contributed by atoms with Crippen LogP contribution in [0.5, 0.6) is 0 Å². The maximum Gasteiger partial charge on any atom is 0.306 e. The lowest BCUT2D eigenvalue weighted by Crippen LogP contribution is -2.14. The molecule has 0 radical (unpaired) electrons. The van der Waals surface area contributed by atoms with E-state index in [9.17, 15) is 4.79 Å². The van der Waals surface area contributed by atoms with Gasteiger partial charge in [0.2, 0.25) is 0 Å². The molecule has 0 bridgehead atoms. The molecule has 68 valence electrons. The van der Waals surface area contributed by atoms with Gasteiger partial charge in [-0.25, -0.2) is 0 Å². The highest BCUT2D eigenvalue weighted by Crippen LogP contribution is 2.19. The zero-order valence-electron chi connectivity index (χ0n) is 7.16. The van der Waals surface area contributed by atoms with Crippen molar-refractivity contribution in [3.8, 4) is 0 Å². The summed E-state index contributed by atoms with van der Waals surface area (Å²) in [6, 6.07) is 4.08. The van der Waals surface area contributed by atoms with Crippen LogP contribution in [0.4, 0.5) is 0 Å². The summed E-state index contributed by atoms with van der Waals surface area (Å²) in [5, 5.41) is 2.04. The molecule has 0 aliphatic carbocycles. The number of hydrogen-bond donors (Lipinski definition) is 0. The number of thiophene rings is 1. The highest BCUT2D eigenvalue weighted by Gasteiger charge is 2.12. The van der Waals surface area contributed by atoms with Gasteiger partial charge in [-0.15, -0.1) is 11.3 Å². The van der Waals surface area contributed by atoms with Gasteiger partial charge in [-0.2, -0.15) is 0 Å². The molecule has 0 saturated carbocycles. The molecule has 0 spiro atoms. The van der Waals surface area contributed by atoms with E-state index in [1.807, 2.05) is 11.4 Å². The van der Waals surface area contributed by atoms with Crippen molar-refractivity contribution in [1.82, 2.24) is 0 Å². The fourth-order valence-corrected chi connectivity index (χ4v) is 1.97. The third kappa shape index (κ3) is 2.18. The molecule has 2 nitrogen and oxygen atoms in total. The molecular weight excluding hydrogens is 184 g/mol. The minimum Gasteiger partial charge on any atom is -0.461 e. The standard InChI is InChI=1S/C10H10O2S/c11-10-4-3-8(7-12-10)6-9-2-1-5-13-9/h1-2,5-6H,3-4,7H2/b8-6+. The molecule has 2 heterocycles. The molecule has 0 N–H and O–H groups in total. The van der Waals surface area contributed by atoms with E-state index in [4.69, 9.17) is 4.74 Å². The van der Waals surface area contributed by atoms with Crippen LogP contribution < -0.4 is 0 Å². The second-order valence-electron chi connectivity index (χ2n) is 2.98. The maximum atomic E-state index is 10.8. The number of rotatable bonds is 1. The third-order valence-electron chi connectivity index (χ3n) is 1.96. The molecule has 1 saturated heterocycles. The van der Waals surface area contributed by atoms with Crippen molar-refractivity contribution in [3.05, 3.63) is 28.0 Å². The largest absolute Gasteiger partial charge is 0.461 e. The van der Waals surface area contributed by atoms with Gasteiger partial charge in [-0.05, 0) is 29.5 Å². The van der Waals surface area contributed by atoms with Crippen LogP contribution >= 0.6 is 11.3 Å². The van der Waals surface area contributed by atoms with Crippen molar-refractivity contribution in [2.75, 3.05) is 6.61 Å². The molecule has 1 fully saturated rings. The van der Waals surface area contributed by atoms with Gasteiger partial charge in [-0.3, -0.25) is 4.79 Å². The van der Waals surface area contributed by atoms with Crippen LogP contribution in [0.25, 0.3) is 6.08 Å². The van der Waals surface area contributed by atoms with E-state index in [1.54, 1.807) is 11.3 Å². The molecule has 1 aliphatic heterocycles. The minimum absolute atomic E-state index is 0.0803. The van der Waals surface area contributed by atoms with Crippen molar-refractivity contribution in [3.63, 3.8) is 0 Å². The summed E-state index contributed by atoms with van der Waals surface area (Å²) in [4.78, 5) is 12.0. The Bertz CT molecular complexity index is 313. The third-order valence-corrected chi connectivity index (χ3v) is 2.78. The van der Waals surface area contributed by atoms with Gasteiger partial charge in [0.15, 0.2) is 0 Å². The second-order valence-corrected chi connectivity index (χ2v) is 3.96. The Hall–Kier alpha value is -1.09. The zero-order chi connectivity index (χ0) is 9.10. The molecule has 3 heteroatoms. The van der Waals surface area contributed by atoms with Crippen LogP contribution in [0.1, 0.15) is 17.7 Å². The van der Waals surface area contributed by atoms with Gasteiger partial charge in [0.25, 0.3) is 0 Å². The molecule has 13 heavy (non-hydrogen) atoms. The molecule has 1 aromatic rings. The van der Waals surface area contributed by atoms with Gasteiger partial charge >= 0.3 is 5.97 Å². The number of esters is 1. The summed E-state index contributed by atoms with van der Waals surface area (Å²) in [5.41, 5.74) is 1.21. The Kier molecular flexibility index (Phi) is 2.45. The molecule has 2 rings (SSSR count). The van der Waals surface area contributed by atoms with Crippen molar-refractivity contribution in [2.24, 2.45) is 0 Å². The van der Waals surface area contributed by atoms with Gasteiger partial charge in [-0.1, -0.05) is 6.07 Å². The Morgan fingerprint density at radius 1 is 1.46 bits per heavy atom. The predicted octanol–water partition coefficient (Wildman–Crippen LogP) is 2.47. The van der Waals surface area contributed by atoms with E-state index >= 15 is 0 Å². The fourth-order valence-electron chi connectivity index (χ4n) is 1.27. The fraction of sp³-hybridized carbons (Fsp3) is 0.300. The van der Waals surface area contributed by atoms with Crippen molar-refractivity contribution < 1.29 is 9.53 Å². The summed E-state index contributed by atoms with van der Waals surface area (Å²) in [5.74, 6) is -0.0803. The highest BCUT2D eigenvalue weighted by atomic mass is 32.1. The van der Waals surface area contributed by atoms with Crippen molar-refractivity contribution >= 4 is 23.4 Å². The molecule has 0 atom stereocenters. The van der Waals surface area contributed by atoms with Gasteiger partial charge in [0.1, 0.15) is 6.61 Å². The number of carbonyl (C=O) groups is 1. The van der Waals surface area contributed by atoms with Crippen LogP contribution in [-0.2, 0) is 9.53 Å². The predicted molar refractivity (Wildman–Crippen MR) is 52.5 cm³/mol. The average Bonchev–Trinajstić information content (AvgIpc) is 2.62. The lowest BCUT2D eigenvalue weighted by molar-refractivity contribution is -0.144. The van der Waals surface area contributed by atoms with Crippen molar-refractivity contribution in [2.45, 2.75) is 12.8 Å². The molecule has 1 aromatic heterocycles. The molecule has 0 unspecified atom stereocenters. The summed E-state index contributed by atoms with van der Waals surface area (Å²) in [6.45, 7) is 0.469. The second kappa shape index (κ2) is 3.75. The number of hydrogen-bond acceptors (Lipinski definition) is 3. The monoisotopic (exact) mass is 194 g/mol. The summed E-state index contributed by atoms with van der Waals surface area (Å²) in [7, 11) is 0. The van der Waals surface area contributed by atoms with Crippen LogP contribution in [0, 0.1) is 0 Å². The zero-order valence-corrected chi connectivity index (χ0v) is 7.97. The van der Waals surface area contributed by atoms with Crippen LogP contribution in [0.3, 0.4) is 0 Å². The number of carbonyl (C=O) groups excluding carboxylic acids is 1. The highest BCUT2D eigenvalue weighted by molar-refractivity contribution is 7.10. The van der Waals surface area contributed by atoms with Gasteiger partial charge in [0, 0.05) is 11.3 Å². The average molecular weight is 194 g/mol. The molecular formula is C10H10O2S. The van der Waals surface area contributed by atoms with Crippen LogP contribution in [0.15, 0.2) is 23.1 Å². The van der Waals surface area contributed by atoms with E-state index in [-0.39, 0.29) is 5.97 Å². The molecule has 1 aliphatic rings. The maximum absolute atomic E-state index is 10.8. The molecule has 0 aromatic carbocycles.